The average molecular weight is 336 g/mol. The van der Waals surface area contributed by atoms with Crippen molar-refractivity contribution >= 4 is 15.9 Å². The van der Waals surface area contributed by atoms with E-state index < -0.39 is 0 Å². The predicted molar refractivity (Wildman–Crippen MR) is 87.0 cm³/mol. The number of rotatable bonds is 7. The molecule has 2 aromatic rings. The van der Waals surface area contributed by atoms with Gasteiger partial charge >= 0.3 is 0 Å². The summed E-state index contributed by atoms with van der Waals surface area (Å²) in [7, 11) is 0. The van der Waals surface area contributed by atoms with Crippen molar-refractivity contribution in [2.75, 3.05) is 6.54 Å². The van der Waals surface area contributed by atoms with Crippen LogP contribution in [0.5, 0.6) is 0 Å². The van der Waals surface area contributed by atoms with Gasteiger partial charge in [-0.05, 0) is 52.5 Å². The fraction of sp³-hybridized carbons (Fsp3) is 0.412. The zero-order chi connectivity index (χ0) is 14.4. The highest BCUT2D eigenvalue weighted by Crippen LogP contribution is 2.30. The molecule has 0 bridgehead atoms. The Morgan fingerprint density at radius 1 is 1.20 bits per heavy atom. The molecule has 1 heterocycles. The Morgan fingerprint density at radius 2 is 2.05 bits per heavy atom. The number of hydrogen-bond donors (Lipinski definition) is 1. The molecule has 0 aliphatic heterocycles. The Morgan fingerprint density at radius 3 is 2.70 bits per heavy atom. The van der Waals surface area contributed by atoms with Gasteiger partial charge in [0.25, 0.3) is 0 Å². The molecule has 108 valence electrons. The van der Waals surface area contributed by atoms with Gasteiger partial charge in [-0.15, -0.1) is 0 Å². The van der Waals surface area contributed by atoms with E-state index in [1.807, 2.05) is 6.07 Å². The average Bonchev–Trinajstić information content (AvgIpc) is 2.87. The van der Waals surface area contributed by atoms with Crippen LogP contribution in [-0.4, -0.2) is 6.54 Å². The van der Waals surface area contributed by atoms with Crippen LogP contribution in [-0.2, 0) is 6.42 Å². The van der Waals surface area contributed by atoms with Gasteiger partial charge in [-0.25, -0.2) is 0 Å². The van der Waals surface area contributed by atoms with Crippen LogP contribution in [0.15, 0.2) is 45.7 Å². The molecule has 1 atom stereocenters. The maximum Gasteiger partial charge on any atom is 0.174 e. The first-order valence-corrected chi connectivity index (χ1v) is 8.10. The SMILES string of the molecule is CCCNC(c1cccc(CCC)c1)c1ccoc1Br. The van der Waals surface area contributed by atoms with Crippen molar-refractivity contribution in [1.82, 2.24) is 5.32 Å². The van der Waals surface area contributed by atoms with E-state index in [9.17, 15) is 0 Å². The van der Waals surface area contributed by atoms with Crippen molar-refractivity contribution < 1.29 is 4.42 Å². The van der Waals surface area contributed by atoms with Crippen LogP contribution in [0.25, 0.3) is 0 Å². The highest BCUT2D eigenvalue weighted by atomic mass is 79.9. The summed E-state index contributed by atoms with van der Waals surface area (Å²) >= 11 is 3.50. The minimum atomic E-state index is 0.180. The molecule has 2 nitrogen and oxygen atoms in total. The van der Waals surface area contributed by atoms with Crippen molar-refractivity contribution in [1.29, 1.82) is 0 Å². The monoisotopic (exact) mass is 335 g/mol. The van der Waals surface area contributed by atoms with Gasteiger partial charge in [0.15, 0.2) is 4.67 Å². The van der Waals surface area contributed by atoms with Gasteiger partial charge in [0.1, 0.15) is 0 Å². The van der Waals surface area contributed by atoms with E-state index in [2.05, 4.69) is 59.4 Å². The van der Waals surface area contributed by atoms with E-state index in [1.165, 1.54) is 17.5 Å². The molecule has 0 amide bonds. The van der Waals surface area contributed by atoms with E-state index in [-0.39, 0.29) is 6.04 Å². The Bertz CT molecular complexity index is 535. The lowest BCUT2D eigenvalue weighted by molar-refractivity contribution is 0.523. The number of benzene rings is 1. The molecule has 0 aliphatic carbocycles. The summed E-state index contributed by atoms with van der Waals surface area (Å²) in [6, 6.07) is 11.1. The van der Waals surface area contributed by atoms with Crippen molar-refractivity contribution in [2.45, 2.75) is 39.2 Å². The topological polar surface area (TPSA) is 25.2 Å². The largest absolute Gasteiger partial charge is 0.457 e. The summed E-state index contributed by atoms with van der Waals surface area (Å²) in [6.07, 6.45) is 5.14. The third-order valence-electron chi connectivity index (χ3n) is 3.38. The first kappa shape index (κ1) is 15.3. The van der Waals surface area contributed by atoms with E-state index >= 15 is 0 Å². The molecule has 0 spiro atoms. The number of furan rings is 1. The zero-order valence-electron chi connectivity index (χ0n) is 12.2. The smallest absolute Gasteiger partial charge is 0.174 e. The minimum absolute atomic E-state index is 0.180. The summed E-state index contributed by atoms with van der Waals surface area (Å²) in [5.74, 6) is 0. The maximum absolute atomic E-state index is 5.40. The Labute approximate surface area is 129 Å². The first-order valence-electron chi connectivity index (χ1n) is 7.31. The molecule has 2 rings (SSSR count). The standard InChI is InChI=1S/C17H22BrNO/c1-3-6-13-7-5-8-14(12-13)16(19-10-4-2)15-9-11-20-17(15)18/h5,7-9,11-12,16,19H,3-4,6,10H2,1-2H3. The second-order valence-electron chi connectivity index (χ2n) is 5.03. The van der Waals surface area contributed by atoms with E-state index in [0.717, 1.165) is 29.6 Å². The minimum Gasteiger partial charge on any atom is -0.457 e. The van der Waals surface area contributed by atoms with Gasteiger partial charge in [-0.3, -0.25) is 0 Å². The molecular weight excluding hydrogens is 314 g/mol. The molecule has 0 aliphatic rings. The lowest BCUT2D eigenvalue weighted by Crippen LogP contribution is -2.23. The van der Waals surface area contributed by atoms with Crippen molar-refractivity contribution in [3.63, 3.8) is 0 Å². The molecule has 1 N–H and O–H groups in total. The van der Waals surface area contributed by atoms with Crippen LogP contribution in [0.1, 0.15) is 49.4 Å². The summed E-state index contributed by atoms with van der Waals surface area (Å²) in [5, 5.41) is 3.61. The molecule has 3 heteroatoms. The fourth-order valence-electron chi connectivity index (χ4n) is 2.42. The lowest BCUT2D eigenvalue weighted by atomic mass is 9.97. The first-order chi connectivity index (χ1) is 9.76. The second-order valence-corrected chi connectivity index (χ2v) is 5.75. The highest BCUT2D eigenvalue weighted by Gasteiger charge is 2.18. The highest BCUT2D eigenvalue weighted by molar-refractivity contribution is 9.10. The van der Waals surface area contributed by atoms with Crippen LogP contribution < -0.4 is 5.32 Å². The normalized spacial score (nSPS) is 12.6. The summed E-state index contributed by atoms with van der Waals surface area (Å²) in [5.41, 5.74) is 3.85. The molecular formula is C17H22BrNO. The number of halogens is 1. The third-order valence-corrected chi connectivity index (χ3v) is 4.02. The molecule has 1 aromatic heterocycles. The van der Waals surface area contributed by atoms with E-state index in [4.69, 9.17) is 4.42 Å². The van der Waals surface area contributed by atoms with Gasteiger partial charge in [0.05, 0.1) is 12.3 Å². The maximum atomic E-state index is 5.40. The quantitative estimate of drug-likeness (QED) is 0.762. The summed E-state index contributed by atoms with van der Waals surface area (Å²) < 4.78 is 6.21. The Kier molecular flexibility index (Phi) is 5.86. The van der Waals surface area contributed by atoms with Gasteiger partial charge in [-0.1, -0.05) is 44.5 Å². The van der Waals surface area contributed by atoms with Gasteiger partial charge in [0, 0.05) is 5.56 Å². The second kappa shape index (κ2) is 7.65. The van der Waals surface area contributed by atoms with Crippen molar-refractivity contribution in [3.8, 4) is 0 Å². The van der Waals surface area contributed by atoms with Crippen LogP contribution in [0.3, 0.4) is 0 Å². The van der Waals surface area contributed by atoms with Gasteiger partial charge in [-0.2, -0.15) is 0 Å². The van der Waals surface area contributed by atoms with Crippen molar-refractivity contribution in [2.24, 2.45) is 0 Å². The number of aryl methyl sites for hydroxylation is 1. The molecule has 0 saturated carbocycles. The zero-order valence-corrected chi connectivity index (χ0v) is 13.7. The molecule has 0 saturated heterocycles. The van der Waals surface area contributed by atoms with Gasteiger partial charge in [0.2, 0.25) is 0 Å². The van der Waals surface area contributed by atoms with Crippen LogP contribution in [0.2, 0.25) is 0 Å². The van der Waals surface area contributed by atoms with E-state index in [0.29, 0.717) is 0 Å². The Hall–Kier alpha value is -1.06. The van der Waals surface area contributed by atoms with Crippen LogP contribution >= 0.6 is 15.9 Å². The number of hydrogen-bond acceptors (Lipinski definition) is 2. The summed E-state index contributed by atoms with van der Waals surface area (Å²) in [6.45, 7) is 5.38. The molecule has 1 aromatic carbocycles. The number of nitrogens with one attached hydrogen (secondary N) is 1. The molecule has 1 unspecified atom stereocenters. The lowest BCUT2D eigenvalue weighted by Gasteiger charge is -2.19. The third kappa shape index (κ3) is 3.74. The molecule has 0 radical (unpaired) electrons. The predicted octanol–water partition coefficient (Wildman–Crippen LogP) is 5.08. The molecule has 20 heavy (non-hydrogen) atoms. The van der Waals surface area contributed by atoms with Crippen LogP contribution in [0, 0.1) is 0 Å². The molecule has 0 fully saturated rings. The van der Waals surface area contributed by atoms with Crippen LogP contribution in [0.4, 0.5) is 0 Å². The van der Waals surface area contributed by atoms with Crippen molar-refractivity contribution in [3.05, 3.63) is 58.0 Å². The Balaban J connectivity index is 2.31. The van der Waals surface area contributed by atoms with Gasteiger partial charge < -0.3 is 9.73 Å². The fourth-order valence-corrected chi connectivity index (χ4v) is 2.89. The van der Waals surface area contributed by atoms with E-state index in [1.54, 1.807) is 6.26 Å². The summed E-state index contributed by atoms with van der Waals surface area (Å²) in [4.78, 5) is 0.